The quantitative estimate of drug-likeness (QED) is 0.270. The molecule has 1 aliphatic rings. The first-order valence-electron chi connectivity index (χ1n) is 11.0. The van der Waals surface area contributed by atoms with Crippen molar-refractivity contribution in [2.45, 2.75) is 39.3 Å². The molecule has 4 rings (SSSR count). The molecular weight excluding hydrogens is 453 g/mol. The molecule has 2 aromatic carbocycles. The van der Waals surface area contributed by atoms with Crippen LogP contribution in [0, 0.1) is 12.7 Å². The summed E-state index contributed by atoms with van der Waals surface area (Å²) in [6.45, 7) is 6.04. The molecule has 1 N–H and O–H groups in total. The van der Waals surface area contributed by atoms with E-state index in [4.69, 9.17) is 4.74 Å². The molecule has 7 heteroatoms. The first-order valence-corrected chi connectivity index (χ1v) is 11.9. The minimum absolute atomic E-state index is 0.00358. The third-order valence-electron chi connectivity index (χ3n) is 6.09. The number of rotatable bonds is 6. The number of thiophene rings is 1. The molecule has 1 unspecified atom stereocenters. The van der Waals surface area contributed by atoms with Gasteiger partial charge in [0, 0.05) is 10.4 Å². The summed E-state index contributed by atoms with van der Waals surface area (Å²) in [5.41, 5.74) is 2.60. The molecule has 3 aromatic rings. The summed E-state index contributed by atoms with van der Waals surface area (Å²) in [7, 11) is 1.59. The fourth-order valence-electron chi connectivity index (χ4n) is 4.33. The minimum atomic E-state index is -0.841. The van der Waals surface area contributed by atoms with Crippen LogP contribution in [-0.2, 0) is 16.1 Å². The van der Waals surface area contributed by atoms with Crippen LogP contribution in [0.25, 0.3) is 5.76 Å². The van der Waals surface area contributed by atoms with Crippen molar-refractivity contribution in [3.8, 4) is 5.75 Å². The average Bonchev–Trinajstić information content (AvgIpc) is 3.41. The number of aryl methyl sites for hydroxylation is 1. The number of nitrogens with zero attached hydrogens (tertiary/aromatic N) is 1. The summed E-state index contributed by atoms with van der Waals surface area (Å²) in [5.74, 6) is -1.33. The molecule has 0 spiro atoms. The van der Waals surface area contributed by atoms with Gasteiger partial charge in [-0.1, -0.05) is 32.0 Å². The van der Waals surface area contributed by atoms with Gasteiger partial charge in [-0.25, -0.2) is 4.39 Å². The van der Waals surface area contributed by atoms with Crippen molar-refractivity contribution in [3.05, 3.63) is 92.4 Å². The van der Waals surface area contributed by atoms with Gasteiger partial charge in [0.15, 0.2) is 0 Å². The highest BCUT2D eigenvalue weighted by atomic mass is 32.1. The number of aliphatic hydroxyl groups is 1. The smallest absolute Gasteiger partial charge is 0.295 e. The number of carbonyl (C=O) groups excluding carboxylic acids is 2. The number of amides is 1. The highest BCUT2D eigenvalue weighted by molar-refractivity contribution is 7.09. The van der Waals surface area contributed by atoms with Crippen molar-refractivity contribution in [2.24, 2.45) is 0 Å². The van der Waals surface area contributed by atoms with Crippen LogP contribution in [0.1, 0.15) is 52.9 Å². The largest absolute Gasteiger partial charge is 0.507 e. The molecule has 1 amide bonds. The third-order valence-corrected chi connectivity index (χ3v) is 6.95. The fraction of sp³-hybridized carbons (Fsp3) is 0.259. The summed E-state index contributed by atoms with van der Waals surface area (Å²) < 4.78 is 19.2. The summed E-state index contributed by atoms with van der Waals surface area (Å²) in [6.07, 6.45) is 0. The molecule has 1 aromatic heterocycles. The number of benzene rings is 2. The Kier molecular flexibility index (Phi) is 6.57. The van der Waals surface area contributed by atoms with Gasteiger partial charge in [-0.3, -0.25) is 9.59 Å². The molecule has 1 saturated heterocycles. The van der Waals surface area contributed by atoms with E-state index in [1.807, 2.05) is 50.4 Å². The fourth-order valence-corrected chi connectivity index (χ4v) is 5.03. The number of ether oxygens (including phenoxy) is 1. The Labute approximate surface area is 202 Å². The second-order valence-corrected chi connectivity index (χ2v) is 9.65. The minimum Gasteiger partial charge on any atom is -0.507 e. The molecule has 0 bridgehead atoms. The Morgan fingerprint density at radius 2 is 1.88 bits per heavy atom. The SMILES string of the molecule is COc1cc(C)c(/C(O)=C2\C(=O)C(=O)N(Cc3cccs3)C2c2ccc(F)cc2)cc1C(C)C. The van der Waals surface area contributed by atoms with Crippen molar-refractivity contribution in [2.75, 3.05) is 7.11 Å². The van der Waals surface area contributed by atoms with Gasteiger partial charge in [-0.15, -0.1) is 11.3 Å². The van der Waals surface area contributed by atoms with Gasteiger partial charge in [0.05, 0.1) is 25.3 Å². The van der Waals surface area contributed by atoms with Gasteiger partial charge in [0.1, 0.15) is 17.3 Å². The molecule has 0 radical (unpaired) electrons. The molecule has 1 atom stereocenters. The summed E-state index contributed by atoms with van der Waals surface area (Å²) in [4.78, 5) is 28.7. The van der Waals surface area contributed by atoms with E-state index < -0.39 is 23.5 Å². The van der Waals surface area contributed by atoms with Gasteiger partial charge in [0.25, 0.3) is 11.7 Å². The number of hydrogen-bond acceptors (Lipinski definition) is 5. The van der Waals surface area contributed by atoms with E-state index in [2.05, 4.69) is 0 Å². The first kappa shape index (κ1) is 23.7. The Bertz CT molecular complexity index is 1260. The molecule has 176 valence electrons. The van der Waals surface area contributed by atoms with Crippen molar-refractivity contribution in [1.29, 1.82) is 0 Å². The van der Waals surface area contributed by atoms with Gasteiger partial charge in [0.2, 0.25) is 0 Å². The lowest BCUT2D eigenvalue weighted by Crippen LogP contribution is -2.28. The standard InChI is InChI=1S/C27H26FNO4S/c1-15(2)20-13-21(16(3)12-22(20)33-4)25(30)23-24(17-7-9-18(28)10-8-17)29(27(32)26(23)31)14-19-6-5-11-34-19/h5-13,15,24,30H,14H2,1-4H3/b25-23+. The maximum Gasteiger partial charge on any atom is 0.295 e. The van der Waals surface area contributed by atoms with Crippen molar-refractivity contribution < 1.29 is 23.8 Å². The van der Waals surface area contributed by atoms with Gasteiger partial charge in [-0.05, 0) is 65.2 Å². The zero-order valence-electron chi connectivity index (χ0n) is 19.5. The van der Waals surface area contributed by atoms with E-state index in [9.17, 15) is 19.1 Å². The Hall–Kier alpha value is -3.45. The number of aliphatic hydroxyl groups excluding tert-OH is 1. The van der Waals surface area contributed by atoms with Crippen LogP contribution < -0.4 is 4.74 Å². The van der Waals surface area contributed by atoms with Crippen LogP contribution >= 0.6 is 11.3 Å². The van der Waals surface area contributed by atoms with Crippen LogP contribution in [0.15, 0.2) is 59.5 Å². The van der Waals surface area contributed by atoms with Crippen LogP contribution in [0.2, 0.25) is 0 Å². The second kappa shape index (κ2) is 9.43. The molecular formula is C27H26FNO4S. The van der Waals surface area contributed by atoms with Crippen LogP contribution in [0.3, 0.4) is 0 Å². The van der Waals surface area contributed by atoms with Crippen molar-refractivity contribution in [3.63, 3.8) is 0 Å². The molecule has 34 heavy (non-hydrogen) atoms. The number of carbonyl (C=O) groups is 2. The summed E-state index contributed by atoms with van der Waals surface area (Å²) in [5, 5.41) is 13.4. The number of ketones is 1. The van der Waals surface area contributed by atoms with Gasteiger partial charge in [-0.2, -0.15) is 0 Å². The van der Waals surface area contributed by atoms with Crippen LogP contribution in [0.4, 0.5) is 4.39 Å². The van der Waals surface area contributed by atoms with E-state index in [-0.39, 0.29) is 23.8 Å². The lowest BCUT2D eigenvalue weighted by Gasteiger charge is -2.25. The number of methoxy groups -OCH3 is 1. The first-order chi connectivity index (χ1) is 16.2. The molecule has 2 heterocycles. The van der Waals surface area contributed by atoms with Gasteiger partial charge >= 0.3 is 0 Å². The maximum absolute atomic E-state index is 13.7. The number of hydrogen-bond donors (Lipinski definition) is 1. The summed E-state index contributed by atoms with van der Waals surface area (Å²) >= 11 is 1.47. The van der Waals surface area contributed by atoms with Crippen molar-refractivity contribution in [1.82, 2.24) is 4.90 Å². The van der Waals surface area contributed by atoms with Crippen molar-refractivity contribution >= 4 is 28.8 Å². The number of Topliss-reactive ketones (excluding diaryl/α,β-unsaturated/α-hetero) is 1. The lowest BCUT2D eigenvalue weighted by molar-refractivity contribution is -0.140. The highest BCUT2D eigenvalue weighted by Gasteiger charge is 2.46. The van der Waals surface area contributed by atoms with E-state index in [0.29, 0.717) is 22.4 Å². The van der Waals surface area contributed by atoms with E-state index >= 15 is 0 Å². The Morgan fingerprint density at radius 3 is 2.47 bits per heavy atom. The maximum atomic E-state index is 13.7. The molecule has 0 aliphatic carbocycles. The Balaban J connectivity index is 1.92. The summed E-state index contributed by atoms with van der Waals surface area (Å²) in [6, 6.07) is 12.2. The second-order valence-electron chi connectivity index (χ2n) is 8.62. The molecule has 1 fully saturated rings. The number of halogens is 1. The van der Waals surface area contributed by atoms with Crippen LogP contribution in [-0.4, -0.2) is 28.8 Å². The molecule has 0 saturated carbocycles. The monoisotopic (exact) mass is 479 g/mol. The normalized spacial score (nSPS) is 17.6. The lowest BCUT2D eigenvalue weighted by atomic mass is 9.91. The molecule has 5 nitrogen and oxygen atoms in total. The van der Waals surface area contributed by atoms with E-state index in [1.165, 1.54) is 28.4 Å². The van der Waals surface area contributed by atoms with Crippen LogP contribution in [0.5, 0.6) is 5.75 Å². The Morgan fingerprint density at radius 1 is 1.18 bits per heavy atom. The zero-order valence-corrected chi connectivity index (χ0v) is 20.3. The highest BCUT2D eigenvalue weighted by Crippen LogP contribution is 2.42. The van der Waals surface area contributed by atoms with E-state index in [0.717, 1.165) is 10.4 Å². The van der Waals surface area contributed by atoms with E-state index in [1.54, 1.807) is 19.2 Å². The zero-order chi connectivity index (χ0) is 24.6. The molecule has 1 aliphatic heterocycles. The number of likely N-dealkylation sites (tertiary alicyclic amines) is 1. The topological polar surface area (TPSA) is 66.8 Å². The third kappa shape index (κ3) is 4.23. The predicted octanol–water partition coefficient (Wildman–Crippen LogP) is 5.95. The average molecular weight is 480 g/mol. The van der Waals surface area contributed by atoms with Gasteiger partial charge < -0.3 is 14.7 Å². The predicted molar refractivity (Wildman–Crippen MR) is 130 cm³/mol.